The highest BCUT2D eigenvalue weighted by atomic mass is 35.5. The number of hydrogen-bond donors (Lipinski definition) is 1. The molecule has 0 bridgehead atoms. The first-order valence-electron chi connectivity index (χ1n) is 11.5. The number of rotatable bonds is 8. The van der Waals surface area contributed by atoms with Crippen molar-refractivity contribution in [3.63, 3.8) is 0 Å². The normalized spacial score (nSPS) is 11.8. The van der Waals surface area contributed by atoms with Crippen molar-refractivity contribution in [2.24, 2.45) is 0 Å². The van der Waals surface area contributed by atoms with Gasteiger partial charge in [0, 0.05) is 22.8 Å². The summed E-state index contributed by atoms with van der Waals surface area (Å²) in [6.07, 6.45) is 1.69. The molecule has 37 heavy (non-hydrogen) atoms. The summed E-state index contributed by atoms with van der Waals surface area (Å²) in [6.45, 7) is 4.58. The van der Waals surface area contributed by atoms with Crippen LogP contribution < -0.4 is 5.32 Å². The van der Waals surface area contributed by atoms with Crippen LogP contribution >= 0.6 is 11.6 Å². The Morgan fingerprint density at radius 1 is 1.08 bits per heavy atom. The van der Waals surface area contributed by atoms with Gasteiger partial charge in [0.05, 0.1) is 22.8 Å². The van der Waals surface area contributed by atoms with E-state index in [1.165, 1.54) is 30.3 Å². The van der Waals surface area contributed by atoms with E-state index in [2.05, 4.69) is 10.3 Å². The van der Waals surface area contributed by atoms with Gasteiger partial charge >= 0.3 is 0 Å². The molecule has 0 atom stereocenters. The summed E-state index contributed by atoms with van der Waals surface area (Å²) in [5.41, 5.74) is 2.31. The minimum atomic E-state index is -3.98. The number of anilines is 1. The van der Waals surface area contributed by atoms with E-state index in [0.717, 1.165) is 9.87 Å². The van der Waals surface area contributed by atoms with Gasteiger partial charge in [-0.3, -0.25) is 14.7 Å². The third-order valence-electron chi connectivity index (χ3n) is 5.76. The van der Waals surface area contributed by atoms with Crippen molar-refractivity contribution in [1.82, 2.24) is 13.9 Å². The summed E-state index contributed by atoms with van der Waals surface area (Å²) >= 11 is 5.90. The van der Waals surface area contributed by atoms with E-state index < -0.39 is 34.3 Å². The minimum absolute atomic E-state index is 0.0291. The zero-order chi connectivity index (χ0) is 26.7. The van der Waals surface area contributed by atoms with Crippen molar-refractivity contribution in [3.8, 4) is 16.9 Å². The number of halogens is 2. The lowest BCUT2D eigenvalue weighted by Crippen LogP contribution is -2.42. The van der Waals surface area contributed by atoms with E-state index in [9.17, 15) is 17.6 Å². The smallest absolute Gasteiger partial charge is 0.243 e. The Morgan fingerprint density at radius 2 is 1.76 bits per heavy atom. The number of carbonyl (C=O) groups is 1. The Hall–Kier alpha value is -3.53. The molecule has 0 aliphatic rings. The monoisotopic (exact) mass is 540 g/mol. The maximum absolute atomic E-state index is 14.4. The van der Waals surface area contributed by atoms with Crippen LogP contribution in [0.25, 0.3) is 16.9 Å². The van der Waals surface area contributed by atoms with Gasteiger partial charge < -0.3 is 0 Å². The predicted octanol–water partition coefficient (Wildman–Crippen LogP) is 5.68. The van der Waals surface area contributed by atoms with Gasteiger partial charge in [-0.1, -0.05) is 48.0 Å². The van der Waals surface area contributed by atoms with Crippen molar-refractivity contribution in [2.45, 2.75) is 31.7 Å². The minimum Gasteiger partial charge on any atom is -0.294 e. The average Bonchev–Trinajstić information content (AvgIpc) is 3.28. The lowest BCUT2D eigenvalue weighted by Gasteiger charge is -2.25. The van der Waals surface area contributed by atoms with Crippen LogP contribution in [0.1, 0.15) is 19.4 Å². The van der Waals surface area contributed by atoms with Crippen LogP contribution in [0.15, 0.2) is 83.9 Å². The Bertz CT molecular complexity index is 1520. The maximum atomic E-state index is 14.4. The van der Waals surface area contributed by atoms with Crippen LogP contribution in [0.3, 0.4) is 0 Å². The third-order valence-corrected chi connectivity index (χ3v) is 8.04. The van der Waals surface area contributed by atoms with E-state index in [0.29, 0.717) is 22.0 Å². The molecule has 10 heteroatoms. The van der Waals surface area contributed by atoms with Crippen molar-refractivity contribution < 1.29 is 17.6 Å². The summed E-state index contributed by atoms with van der Waals surface area (Å²) in [6, 6.07) is 19.3. The Labute approximate surface area is 220 Å². The lowest BCUT2D eigenvalue weighted by atomic mass is 10.2. The molecule has 0 unspecified atom stereocenters. The molecular weight excluding hydrogens is 515 g/mol. The van der Waals surface area contributed by atoms with Gasteiger partial charge in [0.2, 0.25) is 21.9 Å². The van der Waals surface area contributed by atoms with Gasteiger partial charge in [-0.05, 0) is 62.7 Å². The maximum Gasteiger partial charge on any atom is 0.243 e. The number of aromatic nitrogens is 2. The Morgan fingerprint density at radius 3 is 2.38 bits per heavy atom. The molecule has 0 aliphatic heterocycles. The number of carbonyl (C=O) groups excluding carboxylic acids is 1. The molecule has 4 aromatic rings. The molecule has 0 fully saturated rings. The largest absolute Gasteiger partial charge is 0.294 e. The van der Waals surface area contributed by atoms with Crippen LogP contribution in [-0.2, 0) is 14.8 Å². The first-order chi connectivity index (χ1) is 17.6. The fourth-order valence-electron chi connectivity index (χ4n) is 3.74. The molecule has 1 N–H and O–H groups in total. The second kappa shape index (κ2) is 10.8. The van der Waals surface area contributed by atoms with Crippen molar-refractivity contribution in [1.29, 1.82) is 0 Å². The van der Waals surface area contributed by atoms with Crippen LogP contribution in [0.2, 0.25) is 5.02 Å². The standard InChI is InChI=1S/C27H26ClFN4O3S/c1-18(2)33(37(35,36)23-13-10-21(28)11-14-23)17-26(34)31-27-30-25(20-7-5-4-6-8-20)16-32(27)22-12-9-19(3)24(29)15-22/h4-16,18H,17H2,1-3H3,(H,30,31,34). The quantitative estimate of drug-likeness (QED) is 0.312. The molecule has 3 aromatic carbocycles. The number of imidazole rings is 1. The van der Waals surface area contributed by atoms with Gasteiger partial charge in [-0.2, -0.15) is 4.31 Å². The molecule has 0 saturated heterocycles. The van der Waals surface area contributed by atoms with E-state index >= 15 is 0 Å². The average molecular weight is 541 g/mol. The van der Waals surface area contributed by atoms with Crippen LogP contribution in [0, 0.1) is 12.7 Å². The molecule has 1 heterocycles. The molecule has 7 nitrogen and oxygen atoms in total. The molecule has 1 aromatic heterocycles. The van der Waals surface area contributed by atoms with Crippen molar-refractivity contribution in [3.05, 3.63) is 95.4 Å². The molecule has 0 spiro atoms. The summed E-state index contributed by atoms with van der Waals surface area (Å²) < 4.78 is 43.6. The number of hydrogen-bond acceptors (Lipinski definition) is 4. The molecule has 4 rings (SSSR count). The van der Waals surface area contributed by atoms with Crippen LogP contribution in [-0.4, -0.2) is 40.8 Å². The van der Waals surface area contributed by atoms with Gasteiger partial charge in [-0.25, -0.2) is 17.8 Å². The molecule has 1 amide bonds. The Kier molecular flexibility index (Phi) is 7.77. The first kappa shape index (κ1) is 26.5. The molecule has 0 aliphatic carbocycles. The highest BCUT2D eigenvalue weighted by molar-refractivity contribution is 7.89. The summed E-state index contributed by atoms with van der Waals surface area (Å²) in [5, 5.41) is 3.12. The third kappa shape index (κ3) is 5.90. The number of sulfonamides is 1. The highest BCUT2D eigenvalue weighted by Gasteiger charge is 2.29. The molecule has 0 saturated carbocycles. The van der Waals surface area contributed by atoms with Crippen molar-refractivity contribution >= 4 is 33.5 Å². The second-order valence-electron chi connectivity index (χ2n) is 8.77. The number of benzene rings is 3. The van der Waals surface area contributed by atoms with E-state index in [1.54, 1.807) is 43.7 Å². The second-order valence-corrected chi connectivity index (χ2v) is 11.1. The summed E-state index contributed by atoms with van der Waals surface area (Å²) in [5.74, 6) is -0.852. The van der Waals surface area contributed by atoms with E-state index in [4.69, 9.17) is 11.6 Å². The van der Waals surface area contributed by atoms with Gasteiger partial charge in [0.15, 0.2) is 0 Å². The van der Waals surface area contributed by atoms with Gasteiger partial charge in [0.1, 0.15) is 5.82 Å². The Balaban J connectivity index is 1.66. The SMILES string of the molecule is Cc1ccc(-n2cc(-c3ccccc3)nc2NC(=O)CN(C(C)C)S(=O)(=O)c2ccc(Cl)cc2)cc1F. The summed E-state index contributed by atoms with van der Waals surface area (Å²) in [7, 11) is -3.98. The summed E-state index contributed by atoms with van der Waals surface area (Å²) in [4.78, 5) is 17.7. The number of amides is 1. The van der Waals surface area contributed by atoms with Gasteiger partial charge in [0.25, 0.3) is 0 Å². The number of aryl methyl sites for hydroxylation is 1. The van der Waals surface area contributed by atoms with Gasteiger partial charge in [-0.15, -0.1) is 0 Å². The topological polar surface area (TPSA) is 84.3 Å². The molecule has 0 radical (unpaired) electrons. The van der Waals surface area contributed by atoms with Crippen molar-refractivity contribution in [2.75, 3.05) is 11.9 Å². The first-order valence-corrected chi connectivity index (χ1v) is 13.4. The fourth-order valence-corrected chi connectivity index (χ4v) is 5.46. The molecule has 192 valence electrons. The molecular formula is C27H26ClFN4O3S. The predicted molar refractivity (Wildman–Crippen MR) is 143 cm³/mol. The van der Waals surface area contributed by atoms with Crippen LogP contribution in [0.5, 0.6) is 0 Å². The zero-order valence-corrected chi connectivity index (χ0v) is 22.1. The van der Waals surface area contributed by atoms with Crippen LogP contribution in [0.4, 0.5) is 10.3 Å². The number of nitrogens with one attached hydrogen (secondary N) is 1. The lowest BCUT2D eigenvalue weighted by molar-refractivity contribution is -0.116. The van der Waals surface area contributed by atoms with E-state index in [1.807, 2.05) is 30.3 Å². The zero-order valence-electron chi connectivity index (χ0n) is 20.5. The van der Waals surface area contributed by atoms with E-state index in [-0.39, 0.29) is 10.8 Å². The fraction of sp³-hybridized carbons (Fsp3) is 0.185. The number of nitrogens with zero attached hydrogens (tertiary/aromatic N) is 3. The highest BCUT2D eigenvalue weighted by Crippen LogP contribution is 2.26.